The zero-order chi connectivity index (χ0) is 19.7. The molecule has 0 aliphatic heterocycles. The second-order valence-electron chi connectivity index (χ2n) is 8.06. The number of nitrogens with one attached hydrogen (secondary N) is 2. The van der Waals surface area contributed by atoms with E-state index in [0.29, 0.717) is 11.5 Å². The van der Waals surface area contributed by atoms with E-state index in [1.807, 2.05) is 30.3 Å². The highest BCUT2D eigenvalue weighted by atomic mass is 16.5. The Hall–Kier alpha value is -2.69. The van der Waals surface area contributed by atoms with E-state index < -0.39 is 0 Å². The Bertz CT molecular complexity index is 818. The van der Waals surface area contributed by atoms with Gasteiger partial charge in [-0.1, -0.05) is 39.0 Å². The van der Waals surface area contributed by atoms with E-state index >= 15 is 0 Å². The van der Waals surface area contributed by atoms with Gasteiger partial charge in [-0.15, -0.1) is 0 Å². The smallest absolute Gasteiger partial charge is 0.319 e. The highest BCUT2D eigenvalue weighted by Gasteiger charge is 2.46. The molecular weight excluding hydrogens is 340 g/mol. The molecule has 1 saturated carbocycles. The van der Waals surface area contributed by atoms with Crippen LogP contribution in [-0.2, 0) is 11.0 Å². The molecule has 0 unspecified atom stereocenters. The van der Waals surface area contributed by atoms with Crippen LogP contribution in [0.4, 0.5) is 10.5 Å². The van der Waals surface area contributed by atoms with E-state index in [9.17, 15) is 4.79 Å². The van der Waals surface area contributed by atoms with Gasteiger partial charge < -0.3 is 20.1 Å². The van der Waals surface area contributed by atoms with Crippen molar-refractivity contribution in [2.24, 2.45) is 0 Å². The minimum absolute atomic E-state index is 0.0896. The number of anilines is 1. The van der Waals surface area contributed by atoms with Crippen molar-refractivity contribution in [3.63, 3.8) is 0 Å². The maximum absolute atomic E-state index is 12.5. The van der Waals surface area contributed by atoms with Crippen LogP contribution in [0.15, 0.2) is 42.5 Å². The summed E-state index contributed by atoms with van der Waals surface area (Å²) >= 11 is 0. The first-order valence-corrected chi connectivity index (χ1v) is 9.20. The number of amides is 2. The van der Waals surface area contributed by atoms with Gasteiger partial charge in [0.2, 0.25) is 0 Å². The molecular formula is C22H28N2O3. The molecule has 0 saturated heterocycles. The van der Waals surface area contributed by atoms with E-state index in [-0.39, 0.29) is 17.0 Å². The molecule has 144 valence electrons. The summed E-state index contributed by atoms with van der Waals surface area (Å²) in [6.45, 7) is 6.51. The number of benzene rings is 2. The van der Waals surface area contributed by atoms with Crippen molar-refractivity contribution in [3.8, 4) is 11.5 Å². The van der Waals surface area contributed by atoms with Crippen LogP contribution in [0.2, 0.25) is 0 Å². The van der Waals surface area contributed by atoms with Gasteiger partial charge in [0.05, 0.1) is 19.8 Å². The van der Waals surface area contributed by atoms with Crippen LogP contribution < -0.4 is 20.1 Å². The Morgan fingerprint density at radius 1 is 0.963 bits per heavy atom. The van der Waals surface area contributed by atoms with E-state index in [1.165, 1.54) is 5.56 Å². The second-order valence-corrected chi connectivity index (χ2v) is 8.06. The summed E-state index contributed by atoms with van der Waals surface area (Å²) in [5.74, 6) is 1.35. The monoisotopic (exact) mass is 368 g/mol. The molecule has 2 aromatic carbocycles. The van der Waals surface area contributed by atoms with Gasteiger partial charge in [-0.25, -0.2) is 4.79 Å². The Morgan fingerprint density at radius 2 is 1.59 bits per heavy atom. The molecule has 1 aliphatic carbocycles. The Morgan fingerprint density at radius 3 is 2.11 bits per heavy atom. The van der Waals surface area contributed by atoms with Gasteiger partial charge in [0.1, 0.15) is 0 Å². The molecule has 3 rings (SSSR count). The van der Waals surface area contributed by atoms with Crippen molar-refractivity contribution >= 4 is 11.7 Å². The van der Waals surface area contributed by atoms with Gasteiger partial charge in [0.25, 0.3) is 0 Å². The first-order chi connectivity index (χ1) is 12.8. The lowest BCUT2D eigenvalue weighted by Crippen LogP contribution is -2.38. The van der Waals surface area contributed by atoms with Crippen molar-refractivity contribution in [1.82, 2.24) is 5.32 Å². The molecule has 5 nitrogen and oxygen atoms in total. The van der Waals surface area contributed by atoms with Crippen LogP contribution in [0.5, 0.6) is 11.5 Å². The lowest BCUT2D eigenvalue weighted by Gasteiger charge is -2.21. The highest BCUT2D eigenvalue weighted by molar-refractivity contribution is 5.90. The number of carbonyl (C=O) groups is 1. The molecule has 0 bridgehead atoms. The summed E-state index contributed by atoms with van der Waals surface area (Å²) < 4.78 is 10.7. The summed E-state index contributed by atoms with van der Waals surface area (Å²) in [6, 6.07) is 13.6. The van der Waals surface area contributed by atoms with Crippen LogP contribution in [0.3, 0.4) is 0 Å². The number of hydrogen-bond acceptors (Lipinski definition) is 3. The Kier molecular flexibility index (Phi) is 5.05. The van der Waals surface area contributed by atoms with Crippen molar-refractivity contribution in [1.29, 1.82) is 0 Å². The average molecular weight is 368 g/mol. The predicted molar refractivity (Wildman–Crippen MR) is 108 cm³/mol. The SMILES string of the molecule is COc1ccc(C2(NC(=O)Nc3ccc(C(C)(C)C)cc3)CC2)cc1OC. The van der Waals surface area contributed by atoms with Crippen molar-refractivity contribution in [3.05, 3.63) is 53.6 Å². The third-order valence-electron chi connectivity index (χ3n) is 5.05. The molecule has 1 aliphatic rings. The molecule has 2 amide bonds. The van der Waals surface area contributed by atoms with E-state index in [2.05, 4.69) is 43.5 Å². The molecule has 2 aromatic rings. The summed E-state index contributed by atoms with van der Waals surface area (Å²) in [6.07, 6.45) is 1.80. The minimum Gasteiger partial charge on any atom is -0.493 e. The van der Waals surface area contributed by atoms with Gasteiger partial charge in [-0.05, 0) is 53.6 Å². The molecule has 0 heterocycles. The quantitative estimate of drug-likeness (QED) is 0.796. The van der Waals surface area contributed by atoms with Gasteiger partial charge >= 0.3 is 6.03 Å². The van der Waals surface area contributed by atoms with Crippen molar-refractivity contribution < 1.29 is 14.3 Å². The zero-order valence-corrected chi connectivity index (χ0v) is 16.7. The normalized spacial score (nSPS) is 15.0. The number of rotatable bonds is 5. The summed E-state index contributed by atoms with van der Waals surface area (Å²) in [7, 11) is 3.23. The van der Waals surface area contributed by atoms with Crippen LogP contribution in [0, 0.1) is 0 Å². The summed E-state index contributed by atoms with van der Waals surface area (Å²) in [4.78, 5) is 12.5. The number of methoxy groups -OCH3 is 2. The van der Waals surface area contributed by atoms with Crippen LogP contribution in [0.1, 0.15) is 44.7 Å². The fraction of sp³-hybridized carbons (Fsp3) is 0.409. The third kappa shape index (κ3) is 4.18. The fourth-order valence-electron chi connectivity index (χ4n) is 3.18. The fourth-order valence-corrected chi connectivity index (χ4v) is 3.18. The third-order valence-corrected chi connectivity index (χ3v) is 5.05. The molecule has 5 heteroatoms. The molecule has 0 spiro atoms. The van der Waals surface area contributed by atoms with E-state index in [1.54, 1.807) is 14.2 Å². The topological polar surface area (TPSA) is 59.6 Å². The zero-order valence-electron chi connectivity index (χ0n) is 16.7. The van der Waals surface area contributed by atoms with Gasteiger partial charge in [-0.2, -0.15) is 0 Å². The molecule has 0 atom stereocenters. The first kappa shape index (κ1) is 19.1. The Balaban J connectivity index is 1.69. The van der Waals surface area contributed by atoms with Crippen molar-refractivity contribution in [2.45, 2.75) is 44.6 Å². The number of ether oxygens (including phenoxy) is 2. The number of urea groups is 1. The molecule has 1 fully saturated rings. The largest absolute Gasteiger partial charge is 0.493 e. The average Bonchev–Trinajstić information content (AvgIpc) is 3.41. The number of carbonyl (C=O) groups excluding carboxylic acids is 1. The summed E-state index contributed by atoms with van der Waals surface area (Å²) in [5.41, 5.74) is 2.79. The maximum Gasteiger partial charge on any atom is 0.319 e. The van der Waals surface area contributed by atoms with Gasteiger partial charge in [-0.3, -0.25) is 0 Å². The molecule has 27 heavy (non-hydrogen) atoms. The van der Waals surface area contributed by atoms with E-state index in [0.717, 1.165) is 24.1 Å². The first-order valence-electron chi connectivity index (χ1n) is 9.20. The van der Waals surface area contributed by atoms with E-state index in [4.69, 9.17) is 9.47 Å². The highest BCUT2D eigenvalue weighted by Crippen LogP contribution is 2.47. The maximum atomic E-state index is 12.5. The molecule has 0 radical (unpaired) electrons. The molecule has 0 aromatic heterocycles. The van der Waals surface area contributed by atoms with Crippen LogP contribution in [-0.4, -0.2) is 20.3 Å². The van der Waals surface area contributed by atoms with Crippen LogP contribution >= 0.6 is 0 Å². The van der Waals surface area contributed by atoms with Crippen LogP contribution in [0.25, 0.3) is 0 Å². The number of hydrogen-bond donors (Lipinski definition) is 2. The standard InChI is InChI=1S/C22H28N2O3/c1-21(2,3)15-6-9-17(10-7-15)23-20(25)24-22(12-13-22)16-8-11-18(26-4)19(14-16)27-5/h6-11,14H,12-13H2,1-5H3,(H2,23,24,25). The Labute approximate surface area is 161 Å². The molecule has 2 N–H and O–H groups in total. The minimum atomic E-state index is -0.338. The van der Waals surface area contributed by atoms with Gasteiger partial charge in [0.15, 0.2) is 11.5 Å². The van der Waals surface area contributed by atoms with Crippen molar-refractivity contribution in [2.75, 3.05) is 19.5 Å². The lowest BCUT2D eigenvalue weighted by atomic mass is 9.87. The second kappa shape index (κ2) is 7.14. The lowest BCUT2D eigenvalue weighted by molar-refractivity contribution is 0.247. The summed E-state index contributed by atoms with van der Waals surface area (Å²) in [5, 5.41) is 6.05. The predicted octanol–water partition coefficient (Wildman–Crippen LogP) is 4.81. The van der Waals surface area contributed by atoms with Gasteiger partial charge in [0, 0.05) is 5.69 Å².